The van der Waals surface area contributed by atoms with Gasteiger partial charge >= 0.3 is 0 Å². The number of hydrogen-bond donors (Lipinski definition) is 1. The van der Waals surface area contributed by atoms with E-state index in [0.29, 0.717) is 29.4 Å². The molecule has 0 heterocycles. The summed E-state index contributed by atoms with van der Waals surface area (Å²) in [6.07, 6.45) is 6.49. The number of hydrogen-bond acceptors (Lipinski definition) is 2. The summed E-state index contributed by atoms with van der Waals surface area (Å²) in [7, 11) is 0. The second-order valence-corrected chi connectivity index (χ2v) is 9.59. The lowest BCUT2D eigenvalue weighted by Crippen LogP contribution is -2.50. The van der Waals surface area contributed by atoms with Crippen LogP contribution in [0, 0.1) is 6.92 Å². The first-order valence-corrected chi connectivity index (χ1v) is 12.2. The molecule has 0 bridgehead atoms. The maximum Gasteiger partial charge on any atom is 0.242 e. The summed E-state index contributed by atoms with van der Waals surface area (Å²) in [4.78, 5) is 28.0. The highest BCUT2D eigenvalue weighted by molar-refractivity contribution is 6.42. The van der Waals surface area contributed by atoms with Crippen LogP contribution in [0.3, 0.4) is 0 Å². The Labute approximate surface area is 201 Å². The molecule has 1 atom stereocenters. The summed E-state index contributed by atoms with van der Waals surface area (Å²) in [5.74, 6) is -0.149. The Morgan fingerprint density at radius 1 is 1.00 bits per heavy atom. The lowest BCUT2D eigenvalue weighted by molar-refractivity contribution is -0.141. The molecule has 0 unspecified atom stereocenters. The van der Waals surface area contributed by atoms with Crippen molar-refractivity contribution in [1.29, 1.82) is 0 Å². The summed E-state index contributed by atoms with van der Waals surface area (Å²) in [5.41, 5.74) is 3.15. The van der Waals surface area contributed by atoms with E-state index in [1.54, 1.807) is 24.0 Å². The van der Waals surface area contributed by atoms with Crippen LogP contribution in [0.2, 0.25) is 10.0 Å². The lowest BCUT2D eigenvalue weighted by Gasteiger charge is -2.31. The van der Waals surface area contributed by atoms with Gasteiger partial charge in [0, 0.05) is 19.0 Å². The smallest absolute Gasteiger partial charge is 0.242 e. The largest absolute Gasteiger partial charge is 0.352 e. The molecular formula is C26H32Cl2N2O2. The molecule has 1 saturated carbocycles. The summed E-state index contributed by atoms with van der Waals surface area (Å²) in [6, 6.07) is 13.2. The number of nitrogens with one attached hydrogen (secondary N) is 1. The predicted molar refractivity (Wildman–Crippen MR) is 131 cm³/mol. The average molecular weight is 475 g/mol. The normalized spacial score (nSPS) is 15.2. The van der Waals surface area contributed by atoms with Crippen LogP contribution in [0.25, 0.3) is 0 Å². The first-order valence-electron chi connectivity index (χ1n) is 11.4. The molecule has 1 aliphatic carbocycles. The Morgan fingerprint density at radius 3 is 2.31 bits per heavy atom. The van der Waals surface area contributed by atoms with E-state index in [1.807, 2.05) is 37.3 Å². The number of rotatable bonds is 8. The zero-order valence-corrected chi connectivity index (χ0v) is 20.4. The van der Waals surface area contributed by atoms with Gasteiger partial charge in [0.2, 0.25) is 11.8 Å². The van der Waals surface area contributed by atoms with Crippen LogP contribution in [-0.4, -0.2) is 28.8 Å². The molecule has 0 aliphatic heterocycles. The second-order valence-electron chi connectivity index (χ2n) is 8.78. The second kappa shape index (κ2) is 11.7. The molecule has 0 aromatic heterocycles. The maximum absolute atomic E-state index is 13.3. The number of amides is 2. The molecule has 0 saturated heterocycles. The van der Waals surface area contributed by atoms with E-state index < -0.39 is 6.04 Å². The van der Waals surface area contributed by atoms with E-state index in [0.717, 1.165) is 36.8 Å². The quantitative estimate of drug-likeness (QED) is 0.502. The molecule has 172 valence electrons. The molecule has 2 aromatic carbocycles. The van der Waals surface area contributed by atoms with Crippen LogP contribution in [0.15, 0.2) is 42.5 Å². The first-order chi connectivity index (χ1) is 15.3. The summed E-state index contributed by atoms with van der Waals surface area (Å²) >= 11 is 12.2. The topological polar surface area (TPSA) is 49.4 Å². The zero-order chi connectivity index (χ0) is 23.1. The van der Waals surface area contributed by atoms with Crippen LogP contribution in [0.4, 0.5) is 0 Å². The fourth-order valence-electron chi connectivity index (χ4n) is 4.14. The fourth-order valence-corrected chi connectivity index (χ4v) is 4.46. The van der Waals surface area contributed by atoms with Crippen LogP contribution < -0.4 is 5.32 Å². The number of nitrogens with zero attached hydrogens (tertiary/aromatic N) is 1. The third-order valence-corrected chi connectivity index (χ3v) is 6.94. The molecule has 6 heteroatoms. The van der Waals surface area contributed by atoms with Gasteiger partial charge in [-0.05, 0) is 56.4 Å². The number of halogens is 2. The lowest BCUT2D eigenvalue weighted by atomic mass is 9.95. The van der Waals surface area contributed by atoms with E-state index in [4.69, 9.17) is 23.2 Å². The van der Waals surface area contributed by atoms with Crippen molar-refractivity contribution in [1.82, 2.24) is 10.2 Å². The monoisotopic (exact) mass is 474 g/mol. The van der Waals surface area contributed by atoms with Gasteiger partial charge in [0.25, 0.3) is 0 Å². The summed E-state index contributed by atoms with van der Waals surface area (Å²) in [5, 5.41) is 4.07. The predicted octanol–water partition coefficient (Wildman–Crippen LogP) is 6.10. The SMILES string of the molecule is Cc1ccc(CCC(=O)N(Cc2ccc(Cl)c(Cl)c2)[C@@H](C)C(=O)NC2CCCCC2)cc1. The highest BCUT2D eigenvalue weighted by Crippen LogP contribution is 2.24. The van der Waals surface area contributed by atoms with Crippen molar-refractivity contribution in [2.75, 3.05) is 0 Å². The van der Waals surface area contributed by atoms with Gasteiger partial charge in [-0.15, -0.1) is 0 Å². The standard InChI is InChI=1S/C26H32Cl2N2O2/c1-18-8-10-20(11-9-18)13-15-25(31)30(17-21-12-14-23(27)24(28)16-21)19(2)26(32)29-22-6-4-3-5-7-22/h8-12,14,16,19,22H,3-7,13,15,17H2,1-2H3,(H,29,32)/t19-/m0/s1. The van der Waals surface area contributed by atoms with Crippen molar-refractivity contribution in [2.24, 2.45) is 0 Å². The minimum Gasteiger partial charge on any atom is -0.352 e. The van der Waals surface area contributed by atoms with Gasteiger partial charge < -0.3 is 10.2 Å². The molecule has 2 aromatic rings. The Hall–Kier alpha value is -2.04. The van der Waals surface area contributed by atoms with Crippen molar-refractivity contribution in [3.8, 4) is 0 Å². The molecule has 1 fully saturated rings. The Kier molecular flexibility index (Phi) is 9.01. The highest BCUT2D eigenvalue weighted by atomic mass is 35.5. The van der Waals surface area contributed by atoms with Gasteiger partial charge in [0.1, 0.15) is 6.04 Å². The third kappa shape index (κ3) is 6.98. The van der Waals surface area contributed by atoms with Crippen molar-refractivity contribution in [3.63, 3.8) is 0 Å². The number of carbonyl (C=O) groups excluding carboxylic acids is 2. The zero-order valence-electron chi connectivity index (χ0n) is 18.9. The van der Waals surface area contributed by atoms with E-state index in [-0.39, 0.29) is 17.9 Å². The molecule has 1 N–H and O–H groups in total. The van der Waals surface area contributed by atoms with Gasteiger partial charge in [-0.25, -0.2) is 0 Å². The van der Waals surface area contributed by atoms with E-state index in [9.17, 15) is 9.59 Å². The molecule has 0 radical (unpaired) electrons. The highest BCUT2D eigenvalue weighted by Gasteiger charge is 2.28. The molecule has 0 spiro atoms. The van der Waals surface area contributed by atoms with Crippen LogP contribution >= 0.6 is 23.2 Å². The van der Waals surface area contributed by atoms with Crippen LogP contribution in [0.5, 0.6) is 0 Å². The average Bonchev–Trinajstić information content (AvgIpc) is 2.79. The maximum atomic E-state index is 13.3. The van der Waals surface area contributed by atoms with Gasteiger partial charge in [-0.2, -0.15) is 0 Å². The number of aryl methyl sites for hydroxylation is 2. The van der Waals surface area contributed by atoms with Crippen molar-refractivity contribution in [2.45, 2.75) is 77.4 Å². The van der Waals surface area contributed by atoms with E-state index in [1.165, 1.54) is 12.0 Å². The number of carbonyl (C=O) groups is 2. The van der Waals surface area contributed by atoms with Crippen LogP contribution in [-0.2, 0) is 22.6 Å². The molecule has 3 rings (SSSR count). The van der Waals surface area contributed by atoms with E-state index >= 15 is 0 Å². The minimum absolute atomic E-state index is 0.0528. The van der Waals surface area contributed by atoms with Gasteiger partial charge in [0.15, 0.2) is 0 Å². The van der Waals surface area contributed by atoms with E-state index in [2.05, 4.69) is 5.32 Å². The van der Waals surface area contributed by atoms with Crippen molar-refractivity contribution in [3.05, 3.63) is 69.2 Å². The molecule has 1 aliphatic rings. The summed E-state index contributed by atoms with van der Waals surface area (Å²) < 4.78 is 0. The Balaban J connectivity index is 1.72. The summed E-state index contributed by atoms with van der Waals surface area (Å²) in [6.45, 7) is 4.16. The molecule has 2 amide bonds. The molecular weight excluding hydrogens is 443 g/mol. The van der Waals surface area contributed by atoms with Gasteiger partial charge in [-0.3, -0.25) is 9.59 Å². The Morgan fingerprint density at radius 2 is 1.66 bits per heavy atom. The third-order valence-electron chi connectivity index (χ3n) is 6.20. The molecule has 4 nitrogen and oxygen atoms in total. The fraction of sp³-hybridized carbons (Fsp3) is 0.462. The first kappa shape index (κ1) is 24.6. The Bertz CT molecular complexity index is 924. The number of benzene rings is 2. The minimum atomic E-state index is -0.572. The van der Waals surface area contributed by atoms with Crippen molar-refractivity contribution < 1.29 is 9.59 Å². The van der Waals surface area contributed by atoms with Gasteiger partial charge in [-0.1, -0.05) is 78.4 Å². The van der Waals surface area contributed by atoms with Crippen LogP contribution in [0.1, 0.15) is 62.1 Å². The molecule has 32 heavy (non-hydrogen) atoms. The van der Waals surface area contributed by atoms with Crippen molar-refractivity contribution >= 4 is 35.0 Å². The van der Waals surface area contributed by atoms with Gasteiger partial charge in [0.05, 0.1) is 10.0 Å².